The zero-order valence-corrected chi connectivity index (χ0v) is 15.6. The van der Waals surface area contributed by atoms with Crippen LogP contribution in [0.3, 0.4) is 0 Å². The third-order valence-electron chi connectivity index (χ3n) is 3.99. The molecule has 0 aliphatic rings. The van der Waals surface area contributed by atoms with Gasteiger partial charge in [0.1, 0.15) is 0 Å². The van der Waals surface area contributed by atoms with Crippen LogP contribution in [0.1, 0.15) is 0 Å². The summed E-state index contributed by atoms with van der Waals surface area (Å²) in [6, 6.07) is 28.8. The van der Waals surface area contributed by atoms with E-state index in [1.807, 2.05) is 42.6 Å². The topological polar surface area (TPSA) is 25.8 Å². The summed E-state index contributed by atoms with van der Waals surface area (Å²) in [7, 11) is 0. The highest BCUT2D eigenvalue weighted by molar-refractivity contribution is 14.1. The Morgan fingerprint density at radius 1 is 0.560 bits per heavy atom. The molecule has 120 valence electrons. The first-order valence-electron chi connectivity index (χ1n) is 8.04. The number of nitrogens with zero attached hydrogens (tertiary/aromatic N) is 2. The molecular formula is C22H15IN2. The van der Waals surface area contributed by atoms with E-state index in [-0.39, 0.29) is 0 Å². The van der Waals surface area contributed by atoms with E-state index >= 15 is 0 Å². The Hall–Kier alpha value is -2.53. The van der Waals surface area contributed by atoms with Crippen molar-refractivity contribution in [2.75, 3.05) is 0 Å². The molecule has 0 amide bonds. The summed E-state index contributed by atoms with van der Waals surface area (Å²) in [4.78, 5) is 9.36. The zero-order valence-electron chi connectivity index (χ0n) is 13.4. The molecule has 3 heteroatoms. The molecule has 0 aliphatic heterocycles. The van der Waals surface area contributed by atoms with Gasteiger partial charge >= 0.3 is 0 Å². The SMILES string of the molecule is Ic1cccc(-c2cc(-c3cccc(-c4ccccc4)n3)ccn2)c1. The third-order valence-corrected chi connectivity index (χ3v) is 4.67. The molecule has 4 rings (SSSR count). The first kappa shape index (κ1) is 16.0. The van der Waals surface area contributed by atoms with Gasteiger partial charge in [-0.1, -0.05) is 48.5 Å². The van der Waals surface area contributed by atoms with E-state index in [1.54, 1.807) is 0 Å². The van der Waals surface area contributed by atoms with Crippen molar-refractivity contribution in [3.63, 3.8) is 0 Å². The summed E-state index contributed by atoms with van der Waals surface area (Å²) in [5.41, 5.74) is 6.20. The van der Waals surface area contributed by atoms with Gasteiger partial charge in [0.05, 0.1) is 17.1 Å². The number of hydrogen-bond acceptors (Lipinski definition) is 2. The van der Waals surface area contributed by atoms with Gasteiger partial charge in [-0.2, -0.15) is 0 Å². The van der Waals surface area contributed by atoms with Gasteiger partial charge in [0.2, 0.25) is 0 Å². The smallest absolute Gasteiger partial charge is 0.0710 e. The molecule has 25 heavy (non-hydrogen) atoms. The number of hydrogen-bond donors (Lipinski definition) is 0. The van der Waals surface area contributed by atoms with Crippen molar-refractivity contribution in [1.82, 2.24) is 9.97 Å². The highest BCUT2D eigenvalue weighted by Crippen LogP contribution is 2.26. The Morgan fingerprint density at radius 3 is 2.04 bits per heavy atom. The van der Waals surface area contributed by atoms with Crippen LogP contribution in [0.15, 0.2) is 91.1 Å². The van der Waals surface area contributed by atoms with Crippen LogP contribution in [-0.2, 0) is 0 Å². The van der Waals surface area contributed by atoms with Crippen molar-refractivity contribution in [2.24, 2.45) is 0 Å². The van der Waals surface area contributed by atoms with Crippen LogP contribution in [0.5, 0.6) is 0 Å². The Morgan fingerprint density at radius 2 is 1.24 bits per heavy atom. The van der Waals surface area contributed by atoms with Crippen molar-refractivity contribution >= 4 is 22.6 Å². The molecule has 0 atom stereocenters. The monoisotopic (exact) mass is 434 g/mol. The van der Waals surface area contributed by atoms with Crippen LogP contribution in [0, 0.1) is 3.57 Å². The second-order valence-corrected chi connectivity index (χ2v) is 6.96. The molecule has 0 saturated heterocycles. The number of aromatic nitrogens is 2. The molecule has 4 aromatic rings. The predicted octanol–water partition coefficient (Wildman–Crippen LogP) is 6.08. The van der Waals surface area contributed by atoms with E-state index in [4.69, 9.17) is 4.98 Å². The summed E-state index contributed by atoms with van der Waals surface area (Å²) >= 11 is 2.32. The molecule has 0 saturated carbocycles. The van der Waals surface area contributed by atoms with Crippen LogP contribution >= 0.6 is 22.6 Å². The Balaban J connectivity index is 1.75. The molecular weight excluding hydrogens is 419 g/mol. The highest BCUT2D eigenvalue weighted by Gasteiger charge is 2.06. The maximum Gasteiger partial charge on any atom is 0.0710 e. The van der Waals surface area contributed by atoms with Crippen LogP contribution in [-0.4, -0.2) is 9.97 Å². The summed E-state index contributed by atoms with van der Waals surface area (Å²) < 4.78 is 1.20. The second kappa shape index (κ2) is 7.15. The van der Waals surface area contributed by atoms with E-state index < -0.39 is 0 Å². The van der Waals surface area contributed by atoms with Crippen molar-refractivity contribution in [3.05, 3.63) is 94.7 Å². The van der Waals surface area contributed by atoms with Crippen LogP contribution in [0.2, 0.25) is 0 Å². The third kappa shape index (κ3) is 3.61. The molecule has 2 heterocycles. The van der Waals surface area contributed by atoms with Gasteiger partial charge in [0.25, 0.3) is 0 Å². The highest BCUT2D eigenvalue weighted by atomic mass is 127. The zero-order chi connectivity index (χ0) is 17.1. The lowest BCUT2D eigenvalue weighted by Gasteiger charge is -2.07. The molecule has 0 fully saturated rings. The summed E-state index contributed by atoms with van der Waals surface area (Å²) in [5, 5.41) is 0. The van der Waals surface area contributed by atoms with Crippen LogP contribution < -0.4 is 0 Å². The fourth-order valence-corrected chi connectivity index (χ4v) is 3.30. The molecule has 0 unspecified atom stereocenters. The summed E-state index contributed by atoms with van der Waals surface area (Å²) in [6.45, 7) is 0. The molecule has 0 spiro atoms. The van der Waals surface area contributed by atoms with Gasteiger partial charge in [-0.15, -0.1) is 0 Å². The average molecular weight is 434 g/mol. The molecule has 0 radical (unpaired) electrons. The molecule has 2 aromatic heterocycles. The van der Waals surface area contributed by atoms with Crippen molar-refractivity contribution in [3.8, 4) is 33.8 Å². The minimum Gasteiger partial charge on any atom is -0.256 e. The largest absolute Gasteiger partial charge is 0.256 e. The van der Waals surface area contributed by atoms with E-state index in [2.05, 4.69) is 76.1 Å². The molecule has 0 N–H and O–H groups in total. The average Bonchev–Trinajstić information content (AvgIpc) is 2.69. The molecule has 0 aliphatic carbocycles. The van der Waals surface area contributed by atoms with E-state index in [0.717, 1.165) is 33.8 Å². The maximum atomic E-state index is 4.84. The second-order valence-electron chi connectivity index (χ2n) is 5.71. The first-order chi connectivity index (χ1) is 12.3. The number of halogens is 1. The lowest BCUT2D eigenvalue weighted by molar-refractivity contribution is 1.29. The van der Waals surface area contributed by atoms with Gasteiger partial charge in [0.15, 0.2) is 0 Å². The van der Waals surface area contributed by atoms with E-state index in [0.29, 0.717) is 0 Å². The van der Waals surface area contributed by atoms with Crippen LogP contribution in [0.25, 0.3) is 33.8 Å². The minimum absolute atomic E-state index is 0.954. The number of pyridine rings is 2. The van der Waals surface area contributed by atoms with Gasteiger partial charge in [-0.25, -0.2) is 4.98 Å². The predicted molar refractivity (Wildman–Crippen MR) is 111 cm³/mol. The normalized spacial score (nSPS) is 10.6. The minimum atomic E-state index is 0.954. The molecule has 2 nitrogen and oxygen atoms in total. The van der Waals surface area contributed by atoms with E-state index in [9.17, 15) is 0 Å². The van der Waals surface area contributed by atoms with E-state index in [1.165, 1.54) is 3.57 Å². The van der Waals surface area contributed by atoms with Gasteiger partial charge < -0.3 is 0 Å². The molecule has 2 aromatic carbocycles. The Kier molecular flexibility index (Phi) is 4.57. The Bertz CT molecular complexity index is 1010. The van der Waals surface area contributed by atoms with Crippen molar-refractivity contribution in [1.29, 1.82) is 0 Å². The lowest BCUT2D eigenvalue weighted by Crippen LogP contribution is -1.90. The standard InChI is InChI=1S/C22H15IN2/c23-19-9-4-8-17(14-19)22-15-18(12-13-24-22)21-11-5-10-20(25-21)16-6-2-1-3-7-16/h1-15H. The molecule has 0 bridgehead atoms. The summed E-state index contributed by atoms with van der Waals surface area (Å²) in [5.74, 6) is 0. The van der Waals surface area contributed by atoms with Gasteiger partial charge in [0, 0.05) is 26.5 Å². The quantitative estimate of drug-likeness (QED) is 0.365. The van der Waals surface area contributed by atoms with Crippen molar-refractivity contribution in [2.45, 2.75) is 0 Å². The number of rotatable bonds is 3. The lowest BCUT2D eigenvalue weighted by atomic mass is 10.1. The van der Waals surface area contributed by atoms with Gasteiger partial charge in [-0.05, 0) is 59.0 Å². The fraction of sp³-hybridized carbons (Fsp3) is 0. The number of benzene rings is 2. The maximum absolute atomic E-state index is 4.84. The fourth-order valence-electron chi connectivity index (χ4n) is 2.76. The van der Waals surface area contributed by atoms with Gasteiger partial charge in [-0.3, -0.25) is 4.98 Å². The van der Waals surface area contributed by atoms with Crippen molar-refractivity contribution < 1.29 is 0 Å². The Labute approximate surface area is 160 Å². The summed E-state index contributed by atoms with van der Waals surface area (Å²) in [6.07, 6.45) is 1.85. The first-order valence-corrected chi connectivity index (χ1v) is 9.12. The van der Waals surface area contributed by atoms with Crippen LogP contribution in [0.4, 0.5) is 0 Å².